The number of ether oxygens (including phenoxy) is 2. The maximum Gasteiger partial charge on any atom is 0.264 e. The highest BCUT2D eigenvalue weighted by molar-refractivity contribution is 9.10. The average molecular weight is 450 g/mol. The lowest BCUT2D eigenvalue weighted by Crippen LogP contribution is -2.22. The number of nitrogens with zero attached hydrogens (tertiary/aromatic N) is 2. The summed E-state index contributed by atoms with van der Waals surface area (Å²) in [6, 6.07) is 12.7. The van der Waals surface area contributed by atoms with Crippen molar-refractivity contribution in [1.29, 1.82) is 5.26 Å². The van der Waals surface area contributed by atoms with Crippen LogP contribution in [0.25, 0.3) is 6.08 Å². The van der Waals surface area contributed by atoms with Crippen molar-refractivity contribution < 1.29 is 14.3 Å². The molecule has 27 heavy (non-hydrogen) atoms. The Morgan fingerprint density at radius 2 is 1.93 bits per heavy atom. The zero-order valence-electron chi connectivity index (χ0n) is 15.1. The minimum absolute atomic E-state index is 0.0255. The van der Waals surface area contributed by atoms with E-state index in [9.17, 15) is 10.1 Å². The minimum Gasteiger partial charge on any atom is -0.493 e. The summed E-state index contributed by atoms with van der Waals surface area (Å²) in [6.45, 7) is 0.345. The third-order valence-corrected chi connectivity index (χ3v) is 4.59. The lowest BCUT2D eigenvalue weighted by molar-refractivity contribution is -0.124. The normalized spacial score (nSPS) is 10.9. The van der Waals surface area contributed by atoms with Crippen molar-refractivity contribution >= 4 is 39.5 Å². The summed E-state index contributed by atoms with van der Waals surface area (Å²) in [7, 11) is 4.72. The number of carbonyl (C=O) groups excluding carboxylic acids is 1. The molecular weight excluding hydrogens is 432 g/mol. The van der Waals surface area contributed by atoms with E-state index in [1.165, 1.54) is 18.1 Å². The SMILES string of the molecule is COc1cc(/C=C(/C#N)C(=O)N(C)C)c(Br)cc1OCc1ccc(Cl)cc1. The molecule has 0 bridgehead atoms. The van der Waals surface area contributed by atoms with Gasteiger partial charge < -0.3 is 14.4 Å². The fourth-order valence-electron chi connectivity index (χ4n) is 2.21. The molecule has 0 aliphatic rings. The van der Waals surface area contributed by atoms with Gasteiger partial charge in [-0.3, -0.25) is 4.79 Å². The van der Waals surface area contributed by atoms with Crippen LogP contribution in [0.5, 0.6) is 11.5 Å². The Morgan fingerprint density at radius 1 is 1.26 bits per heavy atom. The van der Waals surface area contributed by atoms with Crippen LogP contribution in [0.4, 0.5) is 0 Å². The number of benzene rings is 2. The van der Waals surface area contributed by atoms with E-state index in [1.807, 2.05) is 18.2 Å². The Labute approximate surface area is 171 Å². The fraction of sp³-hybridized carbons (Fsp3) is 0.200. The molecule has 2 rings (SSSR count). The van der Waals surface area contributed by atoms with E-state index in [1.54, 1.807) is 38.4 Å². The summed E-state index contributed by atoms with van der Waals surface area (Å²) in [5.74, 6) is 0.661. The molecule has 140 valence electrons. The number of likely N-dealkylation sites (N-methyl/N-ethyl adjacent to an activating group) is 1. The van der Waals surface area contributed by atoms with E-state index in [0.717, 1.165) is 5.56 Å². The van der Waals surface area contributed by atoms with Crippen molar-refractivity contribution in [2.45, 2.75) is 6.61 Å². The topological polar surface area (TPSA) is 62.6 Å². The average Bonchev–Trinajstić information content (AvgIpc) is 2.66. The minimum atomic E-state index is -0.369. The first-order chi connectivity index (χ1) is 12.8. The van der Waals surface area contributed by atoms with Crippen LogP contribution in [-0.4, -0.2) is 32.0 Å². The van der Waals surface area contributed by atoms with E-state index < -0.39 is 0 Å². The highest BCUT2D eigenvalue weighted by atomic mass is 79.9. The van der Waals surface area contributed by atoms with Crippen LogP contribution >= 0.6 is 27.5 Å². The van der Waals surface area contributed by atoms with E-state index in [4.69, 9.17) is 21.1 Å². The Bertz CT molecular complexity index is 903. The second kappa shape index (κ2) is 9.45. The van der Waals surface area contributed by atoms with Gasteiger partial charge in [0, 0.05) is 23.6 Å². The van der Waals surface area contributed by atoms with Gasteiger partial charge in [-0.15, -0.1) is 0 Å². The lowest BCUT2D eigenvalue weighted by Gasteiger charge is -2.14. The molecular formula is C20H18BrClN2O3. The van der Waals surface area contributed by atoms with Crippen molar-refractivity contribution in [3.05, 3.63) is 62.6 Å². The molecule has 0 heterocycles. The van der Waals surface area contributed by atoms with Crippen molar-refractivity contribution in [3.8, 4) is 17.6 Å². The van der Waals surface area contributed by atoms with Crippen LogP contribution in [0.3, 0.4) is 0 Å². The van der Waals surface area contributed by atoms with Crippen molar-refractivity contribution in [1.82, 2.24) is 4.90 Å². The standard InChI is InChI=1S/C20H18BrClN2O3/c1-24(2)20(25)15(11-23)8-14-9-18(26-3)19(10-17(14)21)27-12-13-4-6-16(22)7-5-13/h4-10H,12H2,1-3H3/b15-8-. The molecule has 5 nitrogen and oxygen atoms in total. The molecule has 7 heteroatoms. The Morgan fingerprint density at radius 3 is 2.48 bits per heavy atom. The van der Waals surface area contributed by atoms with Gasteiger partial charge in [0.1, 0.15) is 18.2 Å². The second-order valence-corrected chi connectivity index (χ2v) is 7.10. The van der Waals surface area contributed by atoms with Crippen LogP contribution in [0.2, 0.25) is 5.02 Å². The molecule has 0 aliphatic heterocycles. The van der Waals surface area contributed by atoms with Gasteiger partial charge in [0.05, 0.1) is 7.11 Å². The zero-order valence-corrected chi connectivity index (χ0v) is 17.5. The van der Waals surface area contributed by atoms with Crippen molar-refractivity contribution in [3.63, 3.8) is 0 Å². The Kier molecular flexibility index (Phi) is 7.28. The predicted octanol–water partition coefficient (Wildman–Crippen LogP) is 4.69. The molecule has 0 saturated carbocycles. The Balaban J connectivity index is 2.29. The van der Waals surface area contributed by atoms with Gasteiger partial charge in [-0.1, -0.05) is 39.7 Å². The quantitative estimate of drug-likeness (QED) is 0.474. The summed E-state index contributed by atoms with van der Waals surface area (Å²) in [6.07, 6.45) is 1.51. The van der Waals surface area contributed by atoms with Crippen molar-refractivity contribution in [2.75, 3.05) is 21.2 Å². The molecule has 0 radical (unpaired) electrons. The molecule has 0 fully saturated rings. The van der Waals surface area contributed by atoms with E-state index in [-0.39, 0.29) is 11.5 Å². The van der Waals surface area contributed by atoms with Crippen LogP contribution in [0.15, 0.2) is 46.4 Å². The molecule has 0 spiro atoms. The lowest BCUT2D eigenvalue weighted by atomic mass is 10.1. The third-order valence-electron chi connectivity index (χ3n) is 3.65. The van der Waals surface area contributed by atoms with Gasteiger partial charge in [-0.05, 0) is 41.5 Å². The molecule has 0 saturated heterocycles. The van der Waals surface area contributed by atoms with E-state index in [2.05, 4.69) is 15.9 Å². The molecule has 2 aromatic rings. The zero-order chi connectivity index (χ0) is 20.0. The van der Waals surface area contributed by atoms with Gasteiger partial charge in [-0.2, -0.15) is 5.26 Å². The number of rotatable bonds is 6. The number of amides is 1. The second-order valence-electron chi connectivity index (χ2n) is 5.81. The van der Waals surface area contributed by atoms with Crippen LogP contribution in [0, 0.1) is 11.3 Å². The van der Waals surface area contributed by atoms with Gasteiger partial charge in [0.2, 0.25) is 0 Å². The molecule has 1 amide bonds. The summed E-state index contributed by atoms with van der Waals surface area (Å²) >= 11 is 9.35. The highest BCUT2D eigenvalue weighted by Crippen LogP contribution is 2.35. The highest BCUT2D eigenvalue weighted by Gasteiger charge is 2.14. The smallest absolute Gasteiger partial charge is 0.264 e. The van der Waals surface area contributed by atoms with Gasteiger partial charge in [0.15, 0.2) is 11.5 Å². The number of methoxy groups -OCH3 is 1. The number of nitriles is 1. The Hall–Kier alpha value is -2.49. The fourth-order valence-corrected chi connectivity index (χ4v) is 2.78. The van der Waals surface area contributed by atoms with Crippen molar-refractivity contribution in [2.24, 2.45) is 0 Å². The molecule has 0 atom stereocenters. The number of hydrogen-bond acceptors (Lipinski definition) is 4. The summed E-state index contributed by atoms with van der Waals surface area (Å²) < 4.78 is 11.9. The van der Waals surface area contributed by atoms with Crippen LogP contribution in [-0.2, 0) is 11.4 Å². The van der Waals surface area contributed by atoms with E-state index in [0.29, 0.717) is 33.2 Å². The predicted molar refractivity (Wildman–Crippen MR) is 109 cm³/mol. The first kappa shape index (κ1) is 20.8. The van der Waals surface area contributed by atoms with Crippen LogP contribution in [0.1, 0.15) is 11.1 Å². The summed E-state index contributed by atoms with van der Waals surface area (Å²) in [5.41, 5.74) is 1.62. The first-order valence-electron chi connectivity index (χ1n) is 7.94. The third kappa shape index (κ3) is 5.49. The van der Waals surface area contributed by atoms with E-state index >= 15 is 0 Å². The number of carbonyl (C=O) groups is 1. The number of hydrogen-bond donors (Lipinski definition) is 0. The van der Waals surface area contributed by atoms with Gasteiger partial charge in [-0.25, -0.2) is 0 Å². The molecule has 0 unspecified atom stereocenters. The molecule has 0 aliphatic carbocycles. The largest absolute Gasteiger partial charge is 0.493 e. The maximum absolute atomic E-state index is 12.0. The summed E-state index contributed by atoms with van der Waals surface area (Å²) in [4.78, 5) is 13.4. The molecule has 0 aromatic heterocycles. The van der Waals surface area contributed by atoms with Gasteiger partial charge in [0.25, 0.3) is 5.91 Å². The molecule has 2 aromatic carbocycles. The first-order valence-corrected chi connectivity index (χ1v) is 9.11. The number of halogens is 2. The maximum atomic E-state index is 12.0. The van der Waals surface area contributed by atoms with Gasteiger partial charge >= 0.3 is 0 Å². The molecule has 0 N–H and O–H groups in total. The summed E-state index contributed by atoms with van der Waals surface area (Å²) in [5, 5.41) is 9.92. The monoisotopic (exact) mass is 448 g/mol. The van der Waals surface area contributed by atoms with Crippen LogP contribution < -0.4 is 9.47 Å².